The van der Waals surface area contributed by atoms with Crippen molar-refractivity contribution in [3.05, 3.63) is 59.5 Å². The van der Waals surface area contributed by atoms with Gasteiger partial charge >= 0.3 is 5.97 Å². The number of furan rings is 1. The van der Waals surface area contributed by atoms with Crippen LogP contribution in [0.2, 0.25) is 0 Å². The lowest BCUT2D eigenvalue weighted by Gasteiger charge is -2.27. The van der Waals surface area contributed by atoms with Gasteiger partial charge < -0.3 is 9.15 Å². The van der Waals surface area contributed by atoms with E-state index < -0.39 is 5.41 Å². The van der Waals surface area contributed by atoms with Gasteiger partial charge in [-0.15, -0.1) is 0 Å². The van der Waals surface area contributed by atoms with Crippen LogP contribution in [0.5, 0.6) is 0 Å². The molecule has 0 amide bonds. The zero-order valence-corrected chi connectivity index (χ0v) is 12.1. The fraction of sp³-hybridized carbons (Fsp3) is 0.294. The Morgan fingerprint density at radius 1 is 1.38 bits per heavy atom. The molecule has 0 saturated heterocycles. The van der Waals surface area contributed by atoms with Gasteiger partial charge in [0, 0.05) is 6.42 Å². The minimum atomic E-state index is -0.888. The number of carbonyl (C=O) groups excluding carboxylic acids is 1. The Labute approximate surface area is 124 Å². The van der Waals surface area contributed by atoms with Crippen molar-refractivity contribution < 1.29 is 13.9 Å². The molecule has 1 atom stereocenters. The molecule has 0 fully saturated rings. The largest absolute Gasteiger partial charge is 0.469 e. The van der Waals surface area contributed by atoms with E-state index in [1.54, 1.807) is 37.5 Å². The lowest BCUT2D eigenvalue weighted by molar-refractivity contribution is -0.149. The van der Waals surface area contributed by atoms with Crippen molar-refractivity contribution in [1.82, 2.24) is 0 Å². The van der Waals surface area contributed by atoms with Gasteiger partial charge in [0.05, 0.1) is 29.9 Å². The van der Waals surface area contributed by atoms with Crippen molar-refractivity contribution in [3.63, 3.8) is 0 Å². The van der Waals surface area contributed by atoms with Crippen molar-refractivity contribution in [2.75, 3.05) is 6.61 Å². The van der Waals surface area contributed by atoms with E-state index >= 15 is 0 Å². The Hall–Kier alpha value is -2.54. The summed E-state index contributed by atoms with van der Waals surface area (Å²) >= 11 is 0. The standard InChI is InChI=1S/C17H17NO3/c1-3-20-16(19)17(2,11-15-8-5-9-21-15)14-7-4-6-13(10-14)12-18/h4-10H,3,11H2,1-2H3. The van der Waals surface area contributed by atoms with Crippen molar-refractivity contribution in [2.45, 2.75) is 25.7 Å². The third kappa shape index (κ3) is 3.14. The molecule has 4 nitrogen and oxygen atoms in total. The minimum absolute atomic E-state index is 0.310. The maximum Gasteiger partial charge on any atom is 0.316 e. The second kappa shape index (κ2) is 6.27. The monoisotopic (exact) mass is 283 g/mol. The van der Waals surface area contributed by atoms with Gasteiger partial charge in [-0.1, -0.05) is 12.1 Å². The summed E-state index contributed by atoms with van der Waals surface area (Å²) in [7, 11) is 0. The molecular weight excluding hydrogens is 266 g/mol. The molecule has 0 radical (unpaired) electrons. The second-order valence-electron chi connectivity index (χ2n) is 5.00. The highest BCUT2D eigenvalue weighted by molar-refractivity contribution is 5.83. The van der Waals surface area contributed by atoms with Crippen LogP contribution in [-0.2, 0) is 21.4 Å². The maximum atomic E-state index is 12.4. The zero-order chi connectivity index (χ0) is 15.3. The molecule has 0 N–H and O–H groups in total. The number of nitriles is 1. The van der Waals surface area contributed by atoms with Crippen LogP contribution >= 0.6 is 0 Å². The van der Waals surface area contributed by atoms with E-state index in [-0.39, 0.29) is 5.97 Å². The Bertz CT molecular complexity index is 655. The van der Waals surface area contributed by atoms with E-state index in [9.17, 15) is 4.79 Å². The smallest absolute Gasteiger partial charge is 0.316 e. The van der Waals surface area contributed by atoms with Gasteiger partial charge in [-0.2, -0.15) is 5.26 Å². The van der Waals surface area contributed by atoms with Crippen molar-refractivity contribution in [3.8, 4) is 6.07 Å². The molecule has 0 aliphatic carbocycles. The summed E-state index contributed by atoms with van der Waals surface area (Å²) in [6.45, 7) is 3.89. The predicted molar refractivity (Wildman–Crippen MR) is 77.6 cm³/mol. The Balaban J connectivity index is 2.44. The topological polar surface area (TPSA) is 63.2 Å². The predicted octanol–water partition coefficient (Wildman–Crippen LogP) is 3.21. The van der Waals surface area contributed by atoms with Crippen molar-refractivity contribution >= 4 is 5.97 Å². The number of carbonyl (C=O) groups is 1. The number of esters is 1. The highest BCUT2D eigenvalue weighted by Gasteiger charge is 2.38. The van der Waals surface area contributed by atoms with E-state index in [1.807, 2.05) is 19.1 Å². The first-order valence-electron chi connectivity index (χ1n) is 6.80. The van der Waals surface area contributed by atoms with Crippen molar-refractivity contribution in [2.24, 2.45) is 0 Å². The lowest BCUT2D eigenvalue weighted by atomic mass is 9.78. The van der Waals surface area contributed by atoms with Crippen LogP contribution < -0.4 is 0 Å². The van der Waals surface area contributed by atoms with Crippen LogP contribution in [0.3, 0.4) is 0 Å². The van der Waals surface area contributed by atoms with Gasteiger partial charge in [-0.05, 0) is 43.7 Å². The molecule has 0 aliphatic heterocycles. The first kappa shape index (κ1) is 14.9. The number of ether oxygens (including phenoxy) is 1. The summed E-state index contributed by atoms with van der Waals surface area (Å²) in [5, 5.41) is 9.04. The van der Waals surface area contributed by atoms with Gasteiger partial charge in [0.15, 0.2) is 0 Å². The molecule has 1 heterocycles. The van der Waals surface area contributed by atoms with Crippen LogP contribution in [0.15, 0.2) is 47.1 Å². The highest BCUT2D eigenvalue weighted by Crippen LogP contribution is 2.30. The molecule has 4 heteroatoms. The summed E-state index contributed by atoms with van der Waals surface area (Å²) in [6, 6.07) is 12.7. The van der Waals surface area contributed by atoms with Gasteiger partial charge in [0.25, 0.3) is 0 Å². The summed E-state index contributed by atoms with van der Waals surface area (Å²) in [6.07, 6.45) is 1.96. The quantitative estimate of drug-likeness (QED) is 0.790. The molecule has 2 aromatic rings. The molecule has 0 saturated carbocycles. The number of nitrogens with zero attached hydrogens (tertiary/aromatic N) is 1. The molecule has 108 valence electrons. The Morgan fingerprint density at radius 2 is 2.19 bits per heavy atom. The molecule has 1 aromatic carbocycles. The van der Waals surface area contributed by atoms with Crippen LogP contribution in [0.25, 0.3) is 0 Å². The molecule has 0 bridgehead atoms. The van der Waals surface area contributed by atoms with E-state index in [4.69, 9.17) is 14.4 Å². The van der Waals surface area contributed by atoms with Crippen LogP contribution in [0.4, 0.5) is 0 Å². The van der Waals surface area contributed by atoms with Crippen molar-refractivity contribution in [1.29, 1.82) is 5.26 Å². The normalized spacial score (nSPS) is 13.2. The average Bonchev–Trinajstić information content (AvgIpc) is 3.00. The van der Waals surface area contributed by atoms with E-state index in [1.165, 1.54) is 0 Å². The molecule has 21 heavy (non-hydrogen) atoms. The van der Waals surface area contributed by atoms with Gasteiger partial charge in [-0.3, -0.25) is 4.79 Å². The third-order valence-electron chi connectivity index (χ3n) is 3.46. The number of rotatable bonds is 5. The molecule has 0 spiro atoms. The summed E-state index contributed by atoms with van der Waals surface area (Å²) in [5.41, 5.74) is 0.375. The average molecular weight is 283 g/mol. The molecule has 1 unspecified atom stereocenters. The maximum absolute atomic E-state index is 12.4. The van der Waals surface area contributed by atoms with Gasteiger partial charge in [0.1, 0.15) is 5.76 Å². The Morgan fingerprint density at radius 3 is 2.81 bits per heavy atom. The van der Waals surface area contributed by atoms with Gasteiger partial charge in [0.2, 0.25) is 0 Å². The molecule has 0 aliphatic rings. The Kier molecular flexibility index (Phi) is 4.44. The second-order valence-corrected chi connectivity index (χ2v) is 5.00. The molecule has 2 rings (SSSR count). The highest BCUT2D eigenvalue weighted by atomic mass is 16.5. The van der Waals surface area contributed by atoms with Gasteiger partial charge in [-0.25, -0.2) is 0 Å². The summed E-state index contributed by atoms with van der Waals surface area (Å²) in [4.78, 5) is 12.4. The first-order valence-corrected chi connectivity index (χ1v) is 6.80. The summed E-state index contributed by atoms with van der Waals surface area (Å²) < 4.78 is 10.6. The SMILES string of the molecule is CCOC(=O)C(C)(Cc1ccco1)c1cccc(C#N)c1. The number of hydrogen-bond acceptors (Lipinski definition) is 4. The van der Waals surface area contributed by atoms with Crippen LogP contribution in [0.1, 0.15) is 30.7 Å². The molecule has 1 aromatic heterocycles. The van der Waals surface area contributed by atoms with Crippen LogP contribution in [0, 0.1) is 11.3 Å². The fourth-order valence-electron chi connectivity index (χ4n) is 2.28. The molecular formula is C17H17NO3. The van der Waals surface area contributed by atoms with E-state index in [0.29, 0.717) is 24.4 Å². The zero-order valence-electron chi connectivity index (χ0n) is 12.1. The summed E-state index contributed by atoms with van der Waals surface area (Å²) in [5.74, 6) is 0.379. The fourth-order valence-corrected chi connectivity index (χ4v) is 2.28. The minimum Gasteiger partial charge on any atom is -0.469 e. The lowest BCUT2D eigenvalue weighted by Crippen LogP contribution is -2.36. The van der Waals surface area contributed by atoms with E-state index in [0.717, 1.165) is 5.56 Å². The number of benzene rings is 1. The van der Waals surface area contributed by atoms with E-state index in [2.05, 4.69) is 6.07 Å². The van der Waals surface area contributed by atoms with Crippen LogP contribution in [-0.4, -0.2) is 12.6 Å². The first-order chi connectivity index (χ1) is 10.1. The number of hydrogen-bond donors (Lipinski definition) is 0. The third-order valence-corrected chi connectivity index (χ3v) is 3.46.